The Balaban J connectivity index is 3.51. The van der Waals surface area contributed by atoms with Crippen molar-refractivity contribution in [1.29, 1.82) is 0 Å². The number of aliphatic imine (C=N–C) groups is 1. The molecule has 1 fully saturated rings. The molecule has 15 amide bonds. The van der Waals surface area contributed by atoms with Gasteiger partial charge >= 0.3 is 17.9 Å². The number of rotatable bonds is 50. The van der Waals surface area contributed by atoms with Gasteiger partial charge in [-0.25, -0.2) is 4.79 Å². The highest BCUT2D eigenvalue weighted by Crippen LogP contribution is 2.22. The van der Waals surface area contributed by atoms with E-state index in [9.17, 15) is 107 Å². The highest BCUT2D eigenvalue weighted by molar-refractivity contribution is 7.98. The summed E-state index contributed by atoms with van der Waals surface area (Å²) < 4.78 is 0. The van der Waals surface area contributed by atoms with Gasteiger partial charge in [0.05, 0.1) is 38.5 Å². The molecular formula is C67H115N19O22S. The molecule has 616 valence electrons. The van der Waals surface area contributed by atoms with E-state index in [0.29, 0.717) is 12.2 Å². The van der Waals surface area contributed by atoms with Crippen LogP contribution in [0, 0.1) is 29.6 Å². The summed E-state index contributed by atoms with van der Waals surface area (Å²) in [4.78, 5) is 246. The molecule has 1 aliphatic rings. The van der Waals surface area contributed by atoms with Crippen LogP contribution in [0.3, 0.4) is 0 Å². The Morgan fingerprint density at radius 3 is 1.35 bits per heavy atom. The lowest BCUT2D eigenvalue weighted by atomic mass is 9.99. The van der Waals surface area contributed by atoms with E-state index in [1.54, 1.807) is 61.6 Å². The van der Waals surface area contributed by atoms with Crippen LogP contribution in [0.5, 0.6) is 0 Å². The first-order valence-corrected chi connectivity index (χ1v) is 37.2. The number of aliphatic hydroxyl groups excluding tert-OH is 1. The summed E-state index contributed by atoms with van der Waals surface area (Å²) in [7, 11) is 0. The van der Waals surface area contributed by atoms with E-state index >= 15 is 0 Å². The lowest BCUT2D eigenvalue weighted by Gasteiger charge is -2.31. The van der Waals surface area contributed by atoms with Crippen LogP contribution >= 0.6 is 11.8 Å². The third-order valence-corrected chi connectivity index (χ3v) is 17.3. The molecule has 1 saturated heterocycles. The molecule has 0 saturated carbocycles. The Bertz CT molecular complexity index is 3230. The molecule has 42 heteroatoms. The lowest BCUT2D eigenvalue weighted by molar-refractivity contribution is -0.144. The third-order valence-electron chi connectivity index (χ3n) is 16.7. The second kappa shape index (κ2) is 48.4. The van der Waals surface area contributed by atoms with Gasteiger partial charge in [-0.15, -0.1) is 0 Å². The van der Waals surface area contributed by atoms with Crippen LogP contribution in [0.15, 0.2) is 4.99 Å². The first-order valence-electron chi connectivity index (χ1n) is 35.8. The summed E-state index contributed by atoms with van der Waals surface area (Å²) >= 11 is 1.43. The van der Waals surface area contributed by atoms with Crippen molar-refractivity contribution in [3.8, 4) is 0 Å². The largest absolute Gasteiger partial charge is 0.481 e. The van der Waals surface area contributed by atoms with Crippen molar-refractivity contribution in [2.24, 2.45) is 57.5 Å². The molecule has 0 aromatic heterocycles. The van der Waals surface area contributed by atoms with Crippen LogP contribution in [0.1, 0.15) is 154 Å². The van der Waals surface area contributed by atoms with Crippen molar-refractivity contribution in [3.63, 3.8) is 0 Å². The van der Waals surface area contributed by atoms with E-state index in [-0.39, 0.29) is 75.8 Å². The molecule has 0 bridgehead atoms. The number of primary amides is 1. The number of carboxylic acids is 3. The molecule has 0 aromatic carbocycles. The second-order valence-electron chi connectivity index (χ2n) is 28.5. The molecule has 0 spiro atoms. The standard InChI is InChI=1S/C67H115N19O22S/c1-30(2)22-39(59(100)83-44(24-32(5)6)65(106)86-20-15-17-46(86)63(104)75-36(12)54(95)85-52(34(9)10)66(107)108)78-53(94)35(11)74-57(98)41(25-47(69)88)80-58(99)40(23-31(3)4)79-60(101)42(26-49(90)91)81-56(97)38(16-14-19-72-67(70)71)77-64(105)51(33(7)8)84-61(102)43(27-50(92)93)82-62(103)45(29-87)76-48(89)28-73-55(96)37(68)18-21-109-13/h30-46,51-52,87H,14-29,68H2,1-13H3,(H2,69,88)(H,73,96)(H,74,98)(H,75,104)(H,76,89)(H,77,105)(H,78,94)(H,79,101)(H,80,99)(H,81,97)(H,82,103)(H,83,100)(H,84,102)(H,85,95)(H,90,91)(H,92,93)(H,107,108)(H4,70,71,72)/t35-,36-,37-,38-,39-,40-,41-,42-,43-,44-,45-,46-,51-,52-/m0/s1. The molecule has 0 radical (unpaired) electrons. The number of guanidine groups is 1. The summed E-state index contributed by atoms with van der Waals surface area (Å²) in [5, 5.41) is 70.1. The molecule has 41 nitrogen and oxygen atoms in total. The maximum Gasteiger partial charge on any atom is 0.326 e. The predicted octanol–water partition coefficient (Wildman–Crippen LogP) is -6.56. The van der Waals surface area contributed by atoms with Crippen molar-refractivity contribution >= 4 is 124 Å². The molecule has 0 aliphatic carbocycles. The Morgan fingerprint density at radius 1 is 0.468 bits per heavy atom. The second-order valence-corrected chi connectivity index (χ2v) is 29.5. The summed E-state index contributed by atoms with van der Waals surface area (Å²) in [5.74, 6) is -22.0. The first-order chi connectivity index (χ1) is 50.7. The number of hydrogen-bond acceptors (Lipinski definition) is 22. The first kappa shape index (κ1) is 97.0. The number of carbonyl (C=O) groups excluding carboxylic acids is 15. The van der Waals surface area contributed by atoms with Gasteiger partial charge in [0.25, 0.3) is 0 Å². The minimum Gasteiger partial charge on any atom is -0.481 e. The van der Waals surface area contributed by atoms with Crippen LogP contribution in [-0.4, -0.2) is 261 Å². The number of nitrogens with zero attached hydrogens (tertiary/aromatic N) is 2. The van der Waals surface area contributed by atoms with Gasteiger partial charge in [-0.3, -0.25) is 86.5 Å². The average molecular weight is 1570 g/mol. The van der Waals surface area contributed by atoms with Crippen molar-refractivity contribution in [1.82, 2.24) is 74.0 Å². The van der Waals surface area contributed by atoms with E-state index < -0.39 is 241 Å². The fourth-order valence-corrected chi connectivity index (χ4v) is 11.4. The van der Waals surface area contributed by atoms with Gasteiger partial charge in [0.2, 0.25) is 88.6 Å². The molecule has 0 aromatic rings. The smallest absolute Gasteiger partial charge is 0.326 e. The van der Waals surface area contributed by atoms with Gasteiger partial charge < -0.3 is 117 Å². The number of amides is 15. The zero-order valence-corrected chi connectivity index (χ0v) is 64.8. The number of hydrogen-bond donors (Lipinski definition) is 21. The molecule has 1 aliphatic heterocycles. The SMILES string of the molecule is CSCC[C@H](N)C(=O)NCC(=O)N[C@@H](CO)C(=O)N[C@@H](CC(=O)O)C(=O)N[C@H](C(=O)N[C@@H](CCCN=C(N)N)C(=O)N[C@@H](CC(=O)O)C(=O)N[C@@H](CC(C)C)C(=O)N[C@@H](CC(N)=O)C(=O)N[C@@H](C)C(=O)N[C@@H](CC(C)C)C(=O)N[C@@H](CC(C)C)C(=O)N1CCC[C@H]1C(=O)N[C@@H](C)C(=O)N[C@H](C(=O)O)C(C)C)C(C)C. The number of likely N-dealkylation sites (tertiary alicyclic amines) is 1. The Kier molecular flexibility index (Phi) is 43.1. The number of carboxylic acid groups (broad SMARTS) is 3. The van der Waals surface area contributed by atoms with Gasteiger partial charge in [-0.2, -0.15) is 11.8 Å². The molecule has 109 heavy (non-hydrogen) atoms. The molecule has 14 atom stereocenters. The zero-order chi connectivity index (χ0) is 83.4. The number of carbonyl (C=O) groups is 18. The Labute approximate surface area is 636 Å². The predicted molar refractivity (Wildman–Crippen MR) is 394 cm³/mol. The van der Waals surface area contributed by atoms with E-state index in [1.165, 1.54) is 44.4 Å². The number of nitrogens with one attached hydrogen (secondary N) is 13. The van der Waals surface area contributed by atoms with Crippen molar-refractivity contribution in [2.75, 3.05) is 38.2 Å². The minimum atomic E-state index is -2.06. The fourth-order valence-electron chi connectivity index (χ4n) is 10.9. The van der Waals surface area contributed by atoms with Gasteiger partial charge in [0.15, 0.2) is 5.96 Å². The summed E-state index contributed by atoms with van der Waals surface area (Å²) in [6.45, 7) is 17.0. The van der Waals surface area contributed by atoms with Gasteiger partial charge in [-0.05, 0) is 107 Å². The van der Waals surface area contributed by atoms with E-state index in [4.69, 9.17) is 22.9 Å². The summed E-state index contributed by atoms with van der Waals surface area (Å²) in [5.41, 5.74) is 22.3. The average Bonchev–Trinajstić information content (AvgIpc) is 1.76. The maximum atomic E-state index is 14.4. The van der Waals surface area contributed by atoms with Crippen LogP contribution in [-0.2, 0) is 86.3 Å². The Morgan fingerprint density at radius 2 is 0.881 bits per heavy atom. The topological polar surface area (TPSA) is 664 Å². The summed E-state index contributed by atoms with van der Waals surface area (Å²) in [6.07, 6.45) is -1.19. The van der Waals surface area contributed by atoms with Gasteiger partial charge in [0, 0.05) is 13.1 Å². The molecular weight excluding hydrogens is 1450 g/mol. The van der Waals surface area contributed by atoms with E-state index in [2.05, 4.69) is 74.1 Å². The van der Waals surface area contributed by atoms with Crippen LogP contribution in [0.2, 0.25) is 0 Å². The maximum absolute atomic E-state index is 14.4. The van der Waals surface area contributed by atoms with Crippen molar-refractivity contribution in [2.45, 2.75) is 238 Å². The quantitative estimate of drug-likeness (QED) is 0.0153. The molecule has 0 unspecified atom stereocenters. The molecule has 25 N–H and O–H groups in total. The molecule has 1 heterocycles. The highest BCUT2D eigenvalue weighted by Gasteiger charge is 2.42. The lowest BCUT2D eigenvalue weighted by Crippen LogP contribution is -2.61. The summed E-state index contributed by atoms with van der Waals surface area (Å²) in [6, 6.07) is -21.4. The Hall–Kier alpha value is -10.0. The monoisotopic (exact) mass is 1570 g/mol. The van der Waals surface area contributed by atoms with Crippen LogP contribution in [0.4, 0.5) is 0 Å². The van der Waals surface area contributed by atoms with Crippen molar-refractivity contribution in [3.05, 3.63) is 0 Å². The van der Waals surface area contributed by atoms with E-state index in [0.717, 1.165) is 0 Å². The fraction of sp³-hybridized carbons (Fsp3) is 0.716. The number of aliphatic carboxylic acids is 3. The van der Waals surface area contributed by atoms with Crippen molar-refractivity contribution < 1.29 is 107 Å². The molecule has 1 rings (SSSR count). The minimum absolute atomic E-state index is 0.0134. The number of aliphatic hydroxyl groups is 1. The highest BCUT2D eigenvalue weighted by atomic mass is 32.2. The van der Waals surface area contributed by atoms with Gasteiger partial charge in [0.1, 0.15) is 78.5 Å². The zero-order valence-electron chi connectivity index (χ0n) is 64.0. The number of thioether (sulfide) groups is 1. The van der Waals surface area contributed by atoms with Crippen LogP contribution < -0.4 is 92.1 Å². The number of nitrogens with two attached hydrogens (primary N) is 4. The third kappa shape index (κ3) is 36.2. The van der Waals surface area contributed by atoms with E-state index in [1.807, 2.05) is 0 Å². The van der Waals surface area contributed by atoms with Gasteiger partial charge in [-0.1, -0.05) is 69.2 Å². The van der Waals surface area contributed by atoms with Crippen LogP contribution in [0.25, 0.3) is 0 Å². The normalized spacial score (nSPS) is 16.2.